The van der Waals surface area contributed by atoms with Crippen molar-refractivity contribution in [2.45, 2.75) is 25.8 Å². The molecule has 0 aliphatic heterocycles. The molecule has 0 saturated heterocycles. The molecule has 3 nitrogen and oxygen atoms in total. The lowest BCUT2D eigenvalue weighted by molar-refractivity contribution is -0.132. The van der Waals surface area contributed by atoms with E-state index in [0.29, 0.717) is 12.1 Å². The van der Waals surface area contributed by atoms with Crippen molar-refractivity contribution < 1.29 is 9.18 Å². The standard InChI is InChI=1S/C13H19FN2O/c1-9(8-15)16(3)13(17)10(2)11-5-4-6-12(14)7-11/h4-7,9-10H,8,15H2,1-3H3. The summed E-state index contributed by atoms with van der Waals surface area (Å²) in [4.78, 5) is 13.7. The van der Waals surface area contributed by atoms with Gasteiger partial charge in [0, 0.05) is 19.6 Å². The molecule has 0 radical (unpaired) electrons. The van der Waals surface area contributed by atoms with E-state index >= 15 is 0 Å². The highest BCUT2D eigenvalue weighted by Crippen LogP contribution is 2.19. The molecule has 0 aliphatic carbocycles. The van der Waals surface area contributed by atoms with Crippen molar-refractivity contribution >= 4 is 5.91 Å². The average Bonchev–Trinajstić information content (AvgIpc) is 2.35. The van der Waals surface area contributed by atoms with E-state index in [0.717, 1.165) is 0 Å². The second kappa shape index (κ2) is 5.77. The highest BCUT2D eigenvalue weighted by Gasteiger charge is 2.22. The van der Waals surface area contributed by atoms with Crippen LogP contribution < -0.4 is 5.73 Å². The van der Waals surface area contributed by atoms with Gasteiger partial charge in [-0.2, -0.15) is 0 Å². The van der Waals surface area contributed by atoms with Gasteiger partial charge in [-0.15, -0.1) is 0 Å². The summed E-state index contributed by atoms with van der Waals surface area (Å²) in [5.41, 5.74) is 6.21. The molecule has 0 fully saturated rings. The molecule has 0 spiro atoms. The molecule has 4 heteroatoms. The minimum absolute atomic E-state index is 0.0153. The predicted molar refractivity (Wildman–Crippen MR) is 66.1 cm³/mol. The van der Waals surface area contributed by atoms with Gasteiger partial charge in [-0.25, -0.2) is 4.39 Å². The van der Waals surface area contributed by atoms with E-state index in [1.54, 1.807) is 31.0 Å². The van der Waals surface area contributed by atoms with E-state index in [9.17, 15) is 9.18 Å². The molecule has 0 heterocycles. The predicted octanol–water partition coefficient (Wildman–Crippen LogP) is 1.73. The Bertz CT molecular complexity index is 395. The molecular weight excluding hydrogens is 219 g/mol. The first-order chi connectivity index (χ1) is 7.97. The maximum atomic E-state index is 13.1. The fraction of sp³-hybridized carbons (Fsp3) is 0.462. The second-order valence-corrected chi connectivity index (χ2v) is 4.31. The fourth-order valence-electron chi connectivity index (χ4n) is 1.60. The van der Waals surface area contributed by atoms with Gasteiger partial charge in [0.2, 0.25) is 5.91 Å². The normalized spacial score (nSPS) is 14.2. The number of nitrogens with two attached hydrogens (primary N) is 1. The Labute approximate surface area is 101 Å². The summed E-state index contributed by atoms with van der Waals surface area (Å²) in [6, 6.07) is 6.11. The Kier molecular flexibility index (Phi) is 4.63. The molecule has 1 aromatic rings. The number of rotatable bonds is 4. The maximum absolute atomic E-state index is 13.1. The van der Waals surface area contributed by atoms with Crippen LogP contribution in [0.1, 0.15) is 25.3 Å². The number of nitrogens with zero attached hydrogens (tertiary/aromatic N) is 1. The molecule has 0 saturated carbocycles. The molecular formula is C13H19FN2O. The Morgan fingerprint density at radius 2 is 2.12 bits per heavy atom. The molecule has 1 rings (SSSR count). The summed E-state index contributed by atoms with van der Waals surface area (Å²) >= 11 is 0. The van der Waals surface area contributed by atoms with Gasteiger partial charge in [0.25, 0.3) is 0 Å². The Morgan fingerprint density at radius 3 is 2.65 bits per heavy atom. The van der Waals surface area contributed by atoms with Crippen molar-refractivity contribution in [3.63, 3.8) is 0 Å². The SMILES string of the molecule is CC(C(=O)N(C)C(C)CN)c1cccc(F)c1. The van der Waals surface area contributed by atoms with Crippen LogP contribution in [0.4, 0.5) is 4.39 Å². The third kappa shape index (κ3) is 3.27. The van der Waals surface area contributed by atoms with Crippen LogP contribution in [-0.4, -0.2) is 30.4 Å². The minimum atomic E-state index is -0.357. The Morgan fingerprint density at radius 1 is 1.47 bits per heavy atom. The number of hydrogen-bond acceptors (Lipinski definition) is 2. The van der Waals surface area contributed by atoms with Crippen LogP contribution in [0.25, 0.3) is 0 Å². The molecule has 2 N–H and O–H groups in total. The lowest BCUT2D eigenvalue weighted by Crippen LogP contribution is -2.41. The molecule has 2 atom stereocenters. The number of benzene rings is 1. The third-order valence-corrected chi connectivity index (χ3v) is 3.07. The number of halogens is 1. The molecule has 0 aromatic heterocycles. The van der Waals surface area contributed by atoms with Crippen LogP contribution in [0, 0.1) is 5.82 Å². The van der Waals surface area contributed by atoms with E-state index in [1.807, 2.05) is 6.92 Å². The van der Waals surface area contributed by atoms with Crippen molar-refractivity contribution in [3.8, 4) is 0 Å². The molecule has 17 heavy (non-hydrogen) atoms. The van der Waals surface area contributed by atoms with Crippen molar-refractivity contribution in [2.75, 3.05) is 13.6 Å². The van der Waals surface area contributed by atoms with Crippen LogP contribution in [0.15, 0.2) is 24.3 Å². The molecule has 1 amide bonds. The van der Waals surface area contributed by atoms with Crippen LogP contribution in [0.2, 0.25) is 0 Å². The van der Waals surface area contributed by atoms with Crippen LogP contribution >= 0.6 is 0 Å². The first kappa shape index (κ1) is 13.6. The molecule has 94 valence electrons. The number of amides is 1. The largest absolute Gasteiger partial charge is 0.341 e. The first-order valence-corrected chi connectivity index (χ1v) is 5.69. The van der Waals surface area contributed by atoms with E-state index in [2.05, 4.69) is 0 Å². The Balaban J connectivity index is 2.83. The van der Waals surface area contributed by atoms with E-state index < -0.39 is 0 Å². The van der Waals surface area contributed by atoms with Crippen LogP contribution in [0.5, 0.6) is 0 Å². The zero-order chi connectivity index (χ0) is 13.0. The summed E-state index contributed by atoms with van der Waals surface area (Å²) in [7, 11) is 1.72. The molecule has 0 aliphatic rings. The lowest BCUT2D eigenvalue weighted by atomic mass is 9.99. The monoisotopic (exact) mass is 238 g/mol. The topological polar surface area (TPSA) is 46.3 Å². The summed E-state index contributed by atoms with van der Waals surface area (Å²) in [6.45, 7) is 4.07. The van der Waals surface area contributed by atoms with E-state index in [1.165, 1.54) is 12.1 Å². The third-order valence-electron chi connectivity index (χ3n) is 3.07. The van der Waals surface area contributed by atoms with Crippen molar-refractivity contribution in [3.05, 3.63) is 35.6 Å². The van der Waals surface area contributed by atoms with Gasteiger partial charge in [0.15, 0.2) is 0 Å². The number of carbonyl (C=O) groups is 1. The van der Waals surface area contributed by atoms with Crippen molar-refractivity contribution in [2.24, 2.45) is 5.73 Å². The van der Waals surface area contributed by atoms with Gasteiger partial charge in [-0.05, 0) is 31.5 Å². The molecule has 2 unspecified atom stereocenters. The Hall–Kier alpha value is -1.42. The quantitative estimate of drug-likeness (QED) is 0.868. The summed E-state index contributed by atoms with van der Waals surface area (Å²) in [5.74, 6) is -0.727. The maximum Gasteiger partial charge on any atom is 0.229 e. The van der Waals surface area contributed by atoms with Gasteiger partial charge in [-0.1, -0.05) is 12.1 Å². The fourth-order valence-corrected chi connectivity index (χ4v) is 1.60. The highest BCUT2D eigenvalue weighted by molar-refractivity contribution is 5.83. The zero-order valence-corrected chi connectivity index (χ0v) is 10.5. The van der Waals surface area contributed by atoms with Gasteiger partial charge in [0.05, 0.1) is 5.92 Å². The van der Waals surface area contributed by atoms with Gasteiger partial charge in [-0.3, -0.25) is 4.79 Å². The molecule has 0 bridgehead atoms. The average molecular weight is 238 g/mol. The zero-order valence-electron chi connectivity index (χ0n) is 10.5. The number of hydrogen-bond donors (Lipinski definition) is 1. The molecule has 1 aromatic carbocycles. The lowest BCUT2D eigenvalue weighted by Gasteiger charge is -2.26. The smallest absolute Gasteiger partial charge is 0.229 e. The van der Waals surface area contributed by atoms with Gasteiger partial charge in [0.1, 0.15) is 5.82 Å². The van der Waals surface area contributed by atoms with Gasteiger partial charge < -0.3 is 10.6 Å². The van der Waals surface area contributed by atoms with Crippen molar-refractivity contribution in [1.29, 1.82) is 0 Å². The van der Waals surface area contributed by atoms with Gasteiger partial charge >= 0.3 is 0 Å². The van der Waals surface area contributed by atoms with Crippen LogP contribution in [-0.2, 0) is 4.79 Å². The second-order valence-electron chi connectivity index (χ2n) is 4.31. The first-order valence-electron chi connectivity index (χ1n) is 5.69. The van der Waals surface area contributed by atoms with Crippen LogP contribution in [0.3, 0.4) is 0 Å². The summed E-state index contributed by atoms with van der Waals surface area (Å²) in [6.07, 6.45) is 0. The number of likely N-dealkylation sites (N-methyl/N-ethyl adjacent to an activating group) is 1. The summed E-state index contributed by atoms with van der Waals surface area (Å²) < 4.78 is 13.1. The van der Waals surface area contributed by atoms with Crippen molar-refractivity contribution in [1.82, 2.24) is 4.90 Å². The highest BCUT2D eigenvalue weighted by atomic mass is 19.1. The summed E-state index contributed by atoms with van der Waals surface area (Å²) in [5, 5.41) is 0. The van der Waals surface area contributed by atoms with E-state index in [-0.39, 0.29) is 23.7 Å². The van der Waals surface area contributed by atoms with E-state index in [4.69, 9.17) is 5.73 Å². The number of carbonyl (C=O) groups excluding carboxylic acids is 1. The minimum Gasteiger partial charge on any atom is -0.341 e.